The molecular formula is C19H30N2O5S. The lowest BCUT2D eigenvalue weighted by molar-refractivity contribution is -0.154. The van der Waals surface area contributed by atoms with Gasteiger partial charge in [-0.05, 0) is 40.0 Å². The lowest BCUT2D eigenvalue weighted by Gasteiger charge is -2.39. The van der Waals surface area contributed by atoms with E-state index in [-0.39, 0.29) is 48.7 Å². The van der Waals surface area contributed by atoms with Crippen molar-refractivity contribution >= 4 is 29.5 Å². The smallest absolute Gasteiger partial charge is 0.310 e. The van der Waals surface area contributed by atoms with Crippen LogP contribution < -0.4 is 5.32 Å². The van der Waals surface area contributed by atoms with E-state index in [1.807, 2.05) is 20.8 Å². The molecule has 152 valence electrons. The van der Waals surface area contributed by atoms with Gasteiger partial charge in [0.05, 0.1) is 29.8 Å². The second-order valence-corrected chi connectivity index (χ2v) is 10.3. The van der Waals surface area contributed by atoms with Gasteiger partial charge in [-0.2, -0.15) is 0 Å². The summed E-state index contributed by atoms with van der Waals surface area (Å²) in [6, 6.07) is -0.689. The van der Waals surface area contributed by atoms with Crippen LogP contribution in [0.25, 0.3) is 0 Å². The summed E-state index contributed by atoms with van der Waals surface area (Å²) in [5.41, 5.74) is -0.440. The summed E-state index contributed by atoms with van der Waals surface area (Å²) in [4.78, 5) is 40.7. The third kappa shape index (κ3) is 3.05. The molecule has 2 bridgehead atoms. The quantitative estimate of drug-likeness (QED) is 0.665. The van der Waals surface area contributed by atoms with Gasteiger partial charge in [-0.25, -0.2) is 0 Å². The Balaban J connectivity index is 2.04. The van der Waals surface area contributed by atoms with Gasteiger partial charge in [0, 0.05) is 17.3 Å². The standard InChI is InChI=1S/C19H30N2O5S/c1-6-26-17(25)12-11-9-10(2)19(27-11)13(12)16(24)21(7-8-22)14(19)15(23)20-18(3,4)5/h10-14,22H,6-9H2,1-5H3,(H,20,23)/t10?,11-,12+,13+,14?,19?/m1/s1. The highest BCUT2D eigenvalue weighted by Crippen LogP contribution is 2.68. The molecule has 7 nitrogen and oxygen atoms in total. The first-order chi connectivity index (χ1) is 12.6. The van der Waals surface area contributed by atoms with Crippen molar-refractivity contribution in [1.29, 1.82) is 0 Å². The summed E-state index contributed by atoms with van der Waals surface area (Å²) in [5, 5.41) is 12.5. The molecule has 3 heterocycles. The lowest BCUT2D eigenvalue weighted by Crippen LogP contribution is -2.59. The van der Waals surface area contributed by atoms with Gasteiger partial charge >= 0.3 is 5.97 Å². The van der Waals surface area contributed by atoms with Crippen LogP contribution in [0.5, 0.6) is 0 Å². The highest BCUT2D eigenvalue weighted by molar-refractivity contribution is 8.02. The maximum Gasteiger partial charge on any atom is 0.310 e. The topological polar surface area (TPSA) is 95.9 Å². The van der Waals surface area contributed by atoms with Crippen molar-refractivity contribution < 1.29 is 24.2 Å². The number of hydrogen-bond donors (Lipinski definition) is 2. The lowest BCUT2D eigenvalue weighted by atomic mass is 9.66. The van der Waals surface area contributed by atoms with E-state index in [0.717, 1.165) is 6.42 Å². The number of aliphatic hydroxyl groups excluding tert-OH is 1. The van der Waals surface area contributed by atoms with E-state index in [9.17, 15) is 19.5 Å². The number of thioether (sulfide) groups is 1. The summed E-state index contributed by atoms with van der Waals surface area (Å²) in [6.07, 6.45) is 0.782. The summed E-state index contributed by atoms with van der Waals surface area (Å²) >= 11 is 1.61. The minimum Gasteiger partial charge on any atom is -0.466 e. The molecule has 3 saturated heterocycles. The SMILES string of the molecule is CCOC(=O)[C@@H]1[C@H]2C(=O)N(CCO)C(C(=O)NC(C)(C)C)C23S[C@@H]1CC3C. The number of carbonyl (C=O) groups is 3. The van der Waals surface area contributed by atoms with Gasteiger partial charge in [0.15, 0.2) is 0 Å². The monoisotopic (exact) mass is 398 g/mol. The zero-order valence-electron chi connectivity index (χ0n) is 16.7. The Hall–Kier alpha value is -1.28. The van der Waals surface area contributed by atoms with Crippen LogP contribution in [-0.4, -0.2) is 69.1 Å². The molecule has 3 unspecified atom stereocenters. The van der Waals surface area contributed by atoms with E-state index in [1.54, 1.807) is 18.7 Å². The van der Waals surface area contributed by atoms with Crippen molar-refractivity contribution in [3.8, 4) is 0 Å². The fourth-order valence-electron chi connectivity index (χ4n) is 5.11. The first kappa shape index (κ1) is 20.5. The molecular weight excluding hydrogens is 368 g/mol. The number of nitrogens with zero attached hydrogens (tertiary/aromatic N) is 1. The number of amides is 2. The van der Waals surface area contributed by atoms with Crippen molar-refractivity contribution in [1.82, 2.24) is 10.2 Å². The minimum absolute atomic E-state index is 0.00536. The van der Waals surface area contributed by atoms with Crippen molar-refractivity contribution in [3.05, 3.63) is 0 Å². The Morgan fingerprint density at radius 1 is 1.41 bits per heavy atom. The van der Waals surface area contributed by atoms with Crippen molar-refractivity contribution in [2.75, 3.05) is 19.8 Å². The van der Waals surface area contributed by atoms with E-state index in [2.05, 4.69) is 12.2 Å². The zero-order chi connectivity index (χ0) is 20.1. The number of fused-ring (bicyclic) bond motifs is 1. The average molecular weight is 399 g/mol. The molecule has 3 rings (SSSR count). The van der Waals surface area contributed by atoms with Crippen LogP contribution in [-0.2, 0) is 19.1 Å². The van der Waals surface area contributed by atoms with E-state index in [1.165, 1.54) is 4.90 Å². The molecule has 0 aromatic heterocycles. The fourth-order valence-corrected chi connectivity index (χ4v) is 7.52. The first-order valence-electron chi connectivity index (χ1n) is 9.66. The minimum atomic E-state index is -0.689. The molecule has 2 N–H and O–H groups in total. The summed E-state index contributed by atoms with van der Waals surface area (Å²) in [7, 11) is 0. The third-order valence-electron chi connectivity index (χ3n) is 5.89. The van der Waals surface area contributed by atoms with Crippen LogP contribution in [0.15, 0.2) is 0 Å². The number of hydrogen-bond acceptors (Lipinski definition) is 6. The number of esters is 1. The highest BCUT2D eigenvalue weighted by Gasteiger charge is 2.76. The molecule has 0 aromatic carbocycles. The second-order valence-electron chi connectivity index (χ2n) is 8.80. The number of nitrogens with one attached hydrogen (secondary N) is 1. The van der Waals surface area contributed by atoms with Gasteiger partial charge in [0.2, 0.25) is 11.8 Å². The average Bonchev–Trinajstić information content (AvgIpc) is 3.11. The summed E-state index contributed by atoms with van der Waals surface area (Å²) < 4.78 is 4.62. The van der Waals surface area contributed by atoms with Crippen LogP contribution in [0, 0.1) is 17.8 Å². The summed E-state index contributed by atoms with van der Waals surface area (Å²) in [6.45, 7) is 9.66. The molecule has 0 saturated carbocycles. The Labute approximate surface area is 164 Å². The molecule has 3 aliphatic heterocycles. The van der Waals surface area contributed by atoms with E-state index < -0.39 is 28.2 Å². The number of β-amino-alcohol motifs (C(OH)–C–C–N with tert-alkyl or cyclic N) is 1. The molecule has 2 amide bonds. The van der Waals surface area contributed by atoms with Gasteiger partial charge in [-0.15, -0.1) is 11.8 Å². The van der Waals surface area contributed by atoms with Crippen LogP contribution in [0.2, 0.25) is 0 Å². The molecule has 6 atom stereocenters. The Morgan fingerprint density at radius 3 is 2.63 bits per heavy atom. The largest absolute Gasteiger partial charge is 0.466 e. The molecule has 3 fully saturated rings. The van der Waals surface area contributed by atoms with E-state index in [4.69, 9.17) is 4.74 Å². The fraction of sp³-hybridized carbons (Fsp3) is 0.842. The van der Waals surface area contributed by atoms with Gasteiger partial charge < -0.3 is 20.1 Å². The van der Waals surface area contributed by atoms with Gasteiger partial charge in [-0.3, -0.25) is 14.4 Å². The number of rotatable bonds is 5. The van der Waals surface area contributed by atoms with Crippen LogP contribution in [0.1, 0.15) is 41.0 Å². The number of ether oxygens (including phenoxy) is 1. The Morgan fingerprint density at radius 2 is 2.07 bits per heavy atom. The van der Waals surface area contributed by atoms with Crippen molar-refractivity contribution in [2.45, 2.75) is 62.6 Å². The molecule has 27 heavy (non-hydrogen) atoms. The maximum absolute atomic E-state index is 13.3. The zero-order valence-corrected chi connectivity index (χ0v) is 17.5. The molecule has 3 aliphatic rings. The number of likely N-dealkylation sites (tertiary alicyclic amines) is 1. The molecule has 1 spiro atoms. The predicted octanol–water partition coefficient (Wildman–Crippen LogP) is 0.794. The third-order valence-corrected chi connectivity index (χ3v) is 7.97. The Kier molecular flexibility index (Phi) is 5.27. The number of aliphatic hydroxyl groups is 1. The predicted molar refractivity (Wildman–Crippen MR) is 102 cm³/mol. The van der Waals surface area contributed by atoms with Crippen LogP contribution in [0.4, 0.5) is 0 Å². The van der Waals surface area contributed by atoms with Crippen molar-refractivity contribution in [3.63, 3.8) is 0 Å². The van der Waals surface area contributed by atoms with Gasteiger partial charge in [0.1, 0.15) is 6.04 Å². The van der Waals surface area contributed by atoms with E-state index in [0.29, 0.717) is 0 Å². The van der Waals surface area contributed by atoms with Gasteiger partial charge in [-0.1, -0.05) is 6.92 Å². The number of carbonyl (C=O) groups excluding carboxylic acids is 3. The van der Waals surface area contributed by atoms with Crippen LogP contribution in [0.3, 0.4) is 0 Å². The summed E-state index contributed by atoms with van der Waals surface area (Å²) in [5.74, 6) is -1.74. The van der Waals surface area contributed by atoms with Crippen molar-refractivity contribution in [2.24, 2.45) is 17.8 Å². The first-order valence-corrected chi connectivity index (χ1v) is 10.5. The normalized spacial score (nSPS) is 37.5. The molecule has 0 aromatic rings. The highest BCUT2D eigenvalue weighted by atomic mass is 32.2. The van der Waals surface area contributed by atoms with Gasteiger partial charge in [0.25, 0.3) is 0 Å². The molecule has 0 radical (unpaired) electrons. The second kappa shape index (κ2) is 6.95. The van der Waals surface area contributed by atoms with E-state index >= 15 is 0 Å². The van der Waals surface area contributed by atoms with Crippen LogP contribution >= 0.6 is 11.8 Å². The maximum atomic E-state index is 13.3. The Bertz CT molecular complexity index is 649. The molecule has 0 aliphatic carbocycles. The molecule has 8 heteroatoms.